The Labute approximate surface area is 131 Å². The third-order valence-corrected chi connectivity index (χ3v) is 3.91. The number of hydrogen-bond acceptors (Lipinski definition) is 2. The molecular weight excluding hydrogens is 289 g/mol. The minimum absolute atomic E-state index is 0.434. The van der Waals surface area contributed by atoms with Crippen LogP contribution in [0.5, 0.6) is 0 Å². The summed E-state index contributed by atoms with van der Waals surface area (Å²) in [6.45, 7) is 4.12. The number of nitrogens with one attached hydrogen (secondary N) is 1. The molecule has 0 aliphatic carbocycles. The number of aryl methyl sites for hydroxylation is 2. The number of aromatic nitrogens is 2. The summed E-state index contributed by atoms with van der Waals surface area (Å²) in [6.07, 6.45) is 1.70. The standard InChI is InChI=1S/C18H16N3P/c1-12-8-16-17(9-13(12)2)20-11-21(18(16)19)15-5-3-4-14(10-15)6-7-22/h3-5,8-11,19H,22H2,1-2H3. The van der Waals surface area contributed by atoms with Gasteiger partial charge in [-0.3, -0.25) is 9.98 Å². The van der Waals surface area contributed by atoms with E-state index >= 15 is 0 Å². The van der Waals surface area contributed by atoms with E-state index in [-0.39, 0.29) is 0 Å². The molecule has 3 nitrogen and oxygen atoms in total. The van der Waals surface area contributed by atoms with E-state index in [1.807, 2.05) is 36.4 Å². The SMILES string of the molecule is Cc1cc2ncn(-c3cccc(C#CP)c3)c(=N)c2cc1C. The molecule has 0 amide bonds. The van der Waals surface area contributed by atoms with E-state index in [1.165, 1.54) is 11.1 Å². The van der Waals surface area contributed by atoms with Crippen molar-refractivity contribution in [2.75, 3.05) is 0 Å². The molecule has 1 heterocycles. The smallest absolute Gasteiger partial charge is 0.140 e. The van der Waals surface area contributed by atoms with Gasteiger partial charge in [-0.25, -0.2) is 4.98 Å². The van der Waals surface area contributed by atoms with Gasteiger partial charge in [-0.05, 0) is 55.3 Å². The van der Waals surface area contributed by atoms with Crippen molar-refractivity contribution >= 4 is 20.1 Å². The zero-order valence-corrected chi connectivity index (χ0v) is 13.7. The lowest BCUT2D eigenvalue weighted by molar-refractivity contribution is 0.909. The molecule has 0 aliphatic heterocycles. The highest BCUT2D eigenvalue weighted by atomic mass is 31.0. The summed E-state index contributed by atoms with van der Waals surface area (Å²) < 4.78 is 1.78. The Morgan fingerprint density at radius 2 is 1.91 bits per heavy atom. The molecule has 0 bridgehead atoms. The van der Waals surface area contributed by atoms with Gasteiger partial charge >= 0.3 is 0 Å². The van der Waals surface area contributed by atoms with Crippen LogP contribution in [0, 0.1) is 30.8 Å². The zero-order valence-electron chi connectivity index (χ0n) is 12.5. The molecule has 1 atom stereocenters. The maximum atomic E-state index is 8.50. The molecule has 0 fully saturated rings. The summed E-state index contributed by atoms with van der Waals surface area (Å²) in [4.78, 5) is 4.50. The fraction of sp³-hybridized carbons (Fsp3) is 0.111. The molecule has 22 heavy (non-hydrogen) atoms. The fourth-order valence-electron chi connectivity index (χ4n) is 2.42. The van der Waals surface area contributed by atoms with Crippen LogP contribution in [0.1, 0.15) is 16.7 Å². The summed E-state index contributed by atoms with van der Waals surface area (Å²) in [5.41, 5.74) is 8.27. The molecule has 0 spiro atoms. The van der Waals surface area contributed by atoms with Crippen LogP contribution in [0.2, 0.25) is 0 Å². The first kappa shape index (κ1) is 14.5. The predicted octanol–water partition coefficient (Wildman–Crippen LogP) is 3.31. The van der Waals surface area contributed by atoms with E-state index in [1.54, 1.807) is 10.9 Å². The van der Waals surface area contributed by atoms with Gasteiger partial charge in [0.2, 0.25) is 0 Å². The second-order valence-electron chi connectivity index (χ2n) is 5.24. The van der Waals surface area contributed by atoms with Gasteiger partial charge < -0.3 is 0 Å². The van der Waals surface area contributed by atoms with E-state index in [4.69, 9.17) is 5.41 Å². The van der Waals surface area contributed by atoms with E-state index in [9.17, 15) is 0 Å². The molecule has 108 valence electrons. The molecular formula is C18H16N3P. The van der Waals surface area contributed by atoms with Crippen molar-refractivity contribution in [1.82, 2.24) is 9.55 Å². The van der Waals surface area contributed by atoms with Crippen molar-refractivity contribution in [2.24, 2.45) is 0 Å². The predicted molar refractivity (Wildman–Crippen MR) is 93.0 cm³/mol. The first-order chi connectivity index (χ1) is 10.6. The van der Waals surface area contributed by atoms with Crippen LogP contribution in [-0.4, -0.2) is 9.55 Å². The van der Waals surface area contributed by atoms with Crippen molar-refractivity contribution in [3.63, 3.8) is 0 Å². The summed E-state index contributed by atoms with van der Waals surface area (Å²) in [7, 11) is 2.39. The van der Waals surface area contributed by atoms with Crippen molar-refractivity contribution in [3.05, 3.63) is 64.9 Å². The minimum Gasteiger partial charge on any atom is -0.285 e. The van der Waals surface area contributed by atoms with E-state index in [0.717, 1.165) is 22.2 Å². The average Bonchev–Trinajstić information content (AvgIpc) is 2.50. The maximum absolute atomic E-state index is 8.50. The quantitative estimate of drug-likeness (QED) is 0.544. The van der Waals surface area contributed by atoms with Gasteiger partial charge in [0.05, 0.1) is 5.52 Å². The number of hydrogen-bond donors (Lipinski definition) is 1. The van der Waals surface area contributed by atoms with Gasteiger partial charge in [0, 0.05) is 16.6 Å². The van der Waals surface area contributed by atoms with Crippen LogP contribution in [-0.2, 0) is 0 Å². The Kier molecular flexibility index (Phi) is 3.79. The van der Waals surface area contributed by atoms with Gasteiger partial charge in [0.1, 0.15) is 11.8 Å². The first-order valence-electron chi connectivity index (χ1n) is 6.95. The van der Waals surface area contributed by atoms with Crippen LogP contribution in [0.4, 0.5) is 0 Å². The minimum atomic E-state index is 0.434. The molecule has 3 aromatic rings. The molecule has 0 radical (unpaired) electrons. The molecule has 0 saturated heterocycles. The molecule has 1 unspecified atom stereocenters. The second-order valence-corrected chi connectivity index (χ2v) is 5.53. The van der Waals surface area contributed by atoms with Gasteiger partial charge in [0.15, 0.2) is 0 Å². The number of rotatable bonds is 1. The molecule has 0 aliphatic rings. The van der Waals surface area contributed by atoms with Crippen LogP contribution in [0.3, 0.4) is 0 Å². The summed E-state index contributed by atoms with van der Waals surface area (Å²) in [6, 6.07) is 11.9. The highest BCUT2D eigenvalue weighted by Gasteiger charge is 2.05. The third-order valence-electron chi connectivity index (χ3n) is 3.76. The van der Waals surface area contributed by atoms with E-state index in [0.29, 0.717) is 5.49 Å². The first-order valence-corrected chi connectivity index (χ1v) is 7.53. The van der Waals surface area contributed by atoms with Crippen LogP contribution in [0.25, 0.3) is 16.6 Å². The second kappa shape index (κ2) is 5.75. The van der Waals surface area contributed by atoms with Gasteiger partial charge in [0.25, 0.3) is 0 Å². The molecule has 0 saturated carbocycles. The van der Waals surface area contributed by atoms with Gasteiger partial charge in [-0.1, -0.05) is 26.9 Å². The lowest BCUT2D eigenvalue weighted by Gasteiger charge is -2.10. The molecule has 3 rings (SSSR count). The van der Waals surface area contributed by atoms with Crippen molar-refractivity contribution in [3.8, 4) is 17.3 Å². The highest BCUT2D eigenvalue weighted by Crippen LogP contribution is 2.15. The molecule has 4 heteroatoms. The van der Waals surface area contributed by atoms with Gasteiger partial charge in [-0.15, -0.1) is 0 Å². The molecule has 1 aromatic heterocycles. The average molecular weight is 305 g/mol. The van der Waals surface area contributed by atoms with Crippen molar-refractivity contribution < 1.29 is 0 Å². The lowest BCUT2D eigenvalue weighted by Crippen LogP contribution is -2.19. The normalized spacial score (nSPS) is 10.3. The Bertz CT molecular complexity index is 991. The van der Waals surface area contributed by atoms with Crippen LogP contribution in [0.15, 0.2) is 42.7 Å². The topological polar surface area (TPSA) is 41.7 Å². The number of nitrogens with zero attached hydrogens (tertiary/aromatic N) is 2. The Morgan fingerprint density at radius 1 is 1.14 bits per heavy atom. The monoisotopic (exact) mass is 305 g/mol. The van der Waals surface area contributed by atoms with Crippen molar-refractivity contribution in [2.45, 2.75) is 13.8 Å². The number of benzene rings is 2. The summed E-state index contributed by atoms with van der Waals surface area (Å²) in [5, 5.41) is 9.35. The number of fused-ring (bicyclic) bond motifs is 1. The maximum Gasteiger partial charge on any atom is 0.140 e. The third kappa shape index (κ3) is 2.54. The summed E-state index contributed by atoms with van der Waals surface area (Å²) >= 11 is 0. The zero-order chi connectivity index (χ0) is 15.7. The lowest BCUT2D eigenvalue weighted by atomic mass is 10.1. The fourth-order valence-corrected chi connectivity index (χ4v) is 2.58. The van der Waals surface area contributed by atoms with Crippen LogP contribution >= 0.6 is 9.24 Å². The molecule has 2 aromatic carbocycles. The van der Waals surface area contributed by atoms with Crippen LogP contribution < -0.4 is 5.49 Å². The Morgan fingerprint density at radius 3 is 2.68 bits per heavy atom. The highest BCUT2D eigenvalue weighted by molar-refractivity contribution is 7.23. The van der Waals surface area contributed by atoms with E-state index in [2.05, 4.69) is 39.7 Å². The Balaban J connectivity index is 2.25. The Hall–Kier alpha value is -2.43. The largest absolute Gasteiger partial charge is 0.285 e. The van der Waals surface area contributed by atoms with Crippen molar-refractivity contribution in [1.29, 1.82) is 5.41 Å². The summed E-state index contributed by atoms with van der Waals surface area (Å²) in [5.74, 6) is 3.01. The van der Waals surface area contributed by atoms with Gasteiger partial charge in [-0.2, -0.15) is 0 Å². The molecule has 1 N–H and O–H groups in total. The van der Waals surface area contributed by atoms with E-state index < -0.39 is 0 Å².